The molecule has 29 heavy (non-hydrogen) atoms. The van der Waals surface area contributed by atoms with Gasteiger partial charge in [-0.2, -0.15) is 0 Å². The molecule has 3 rings (SSSR count). The van der Waals surface area contributed by atoms with Gasteiger partial charge < -0.3 is 20.8 Å². The number of carbonyl (C=O) groups is 1. The summed E-state index contributed by atoms with van der Waals surface area (Å²) < 4.78 is 26.0. The minimum atomic E-state index is -4.01. The van der Waals surface area contributed by atoms with Crippen LogP contribution in [0.2, 0.25) is 5.02 Å². The number of nitrogens with one attached hydrogen (secondary N) is 2. The number of phenols is 1. The SMILES string of the molecule is CN(C)S(=O)(=O)c1c(Cl)ccc(NC2=C(NC3(C(C)(C)C)CC3)C(=O)C2O)c1O. The third-order valence-electron chi connectivity index (χ3n) is 5.68. The van der Waals surface area contributed by atoms with E-state index in [0.29, 0.717) is 0 Å². The summed E-state index contributed by atoms with van der Waals surface area (Å²) >= 11 is 6.02. The van der Waals surface area contributed by atoms with Crippen molar-refractivity contribution in [3.63, 3.8) is 0 Å². The molecule has 2 aliphatic rings. The number of benzene rings is 1. The second-order valence-corrected chi connectivity index (χ2v) is 11.2. The fourth-order valence-corrected chi connectivity index (χ4v) is 4.85. The van der Waals surface area contributed by atoms with Gasteiger partial charge in [0, 0.05) is 19.6 Å². The van der Waals surface area contributed by atoms with Gasteiger partial charge >= 0.3 is 0 Å². The van der Waals surface area contributed by atoms with Crippen molar-refractivity contribution in [2.45, 2.75) is 50.2 Å². The lowest BCUT2D eigenvalue weighted by Crippen LogP contribution is -2.52. The van der Waals surface area contributed by atoms with Crippen LogP contribution in [0.15, 0.2) is 28.4 Å². The average molecular weight is 444 g/mol. The predicted molar refractivity (Wildman–Crippen MR) is 110 cm³/mol. The number of sulfonamides is 1. The second-order valence-electron chi connectivity index (χ2n) is 8.70. The van der Waals surface area contributed by atoms with Gasteiger partial charge in [0.15, 0.2) is 11.9 Å². The van der Waals surface area contributed by atoms with Gasteiger partial charge in [0.25, 0.3) is 0 Å². The Kier molecular flexibility index (Phi) is 5.18. The molecule has 2 aliphatic carbocycles. The van der Waals surface area contributed by atoms with E-state index in [1.807, 2.05) is 0 Å². The monoisotopic (exact) mass is 443 g/mol. The number of anilines is 1. The van der Waals surface area contributed by atoms with Crippen molar-refractivity contribution in [3.8, 4) is 5.75 Å². The maximum Gasteiger partial charge on any atom is 0.247 e. The molecular formula is C19H26ClN3O5S. The molecule has 160 valence electrons. The molecule has 0 amide bonds. The zero-order valence-electron chi connectivity index (χ0n) is 17.0. The summed E-state index contributed by atoms with van der Waals surface area (Å²) in [6.07, 6.45) is 0.416. The number of aliphatic hydroxyl groups is 1. The number of hydrogen-bond acceptors (Lipinski definition) is 7. The molecule has 8 nitrogen and oxygen atoms in total. The van der Waals surface area contributed by atoms with Crippen molar-refractivity contribution in [1.29, 1.82) is 0 Å². The number of halogens is 1. The molecule has 1 unspecified atom stereocenters. The van der Waals surface area contributed by atoms with Crippen molar-refractivity contribution < 1.29 is 23.4 Å². The van der Waals surface area contributed by atoms with Gasteiger partial charge in [-0.25, -0.2) is 12.7 Å². The molecule has 10 heteroatoms. The molecule has 1 atom stereocenters. The molecule has 0 aromatic heterocycles. The predicted octanol–water partition coefficient (Wildman–Crippen LogP) is 2.03. The molecule has 0 heterocycles. The van der Waals surface area contributed by atoms with Gasteiger partial charge in [-0.1, -0.05) is 32.4 Å². The first kappa shape index (κ1) is 21.9. The number of aliphatic hydroxyl groups excluding tert-OH is 1. The van der Waals surface area contributed by atoms with Crippen LogP contribution in [0.4, 0.5) is 5.69 Å². The lowest BCUT2D eigenvalue weighted by atomic mass is 9.82. The number of nitrogens with zero attached hydrogens (tertiary/aromatic N) is 1. The summed E-state index contributed by atoms with van der Waals surface area (Å²) in [6.45, 7) is 6.22. The van der Waals surface area contributed by atoms with E-state index in [-0.39, 0.29) is 33.1 Å². The van der Waals surface area contributed by atoms with Crippen molar-refractivity contribution in [3.05, 3.63) is 28.5 Å². The Morgan fingerprint density at radius 2 is 1.83 bits per heavy atom. The van der Waals surface area contributed by atoms with E-state index in [1.54, 1.807) is 0 Å². The van der Waals surface area contributed by atoms with E-state index in [2.05, 4.69) is 31.4 Å². The zero-order chi connectivity index (χ0) is 21.9. The molecule has 4 N–H and O–H groups in total. The third kappa shape index (κ3) is 3.50. The Morgan fingerprint density at radius 1 is 1.24 bits per heavy atom. The lowest BCUT2D eigenvalue weighted by Gasteiger charge is -2.38. The van der Waals surface area contributed by atoms with Crippen LogP contribution >= 0.6 is 11.6 Å². The van der Waals surface area contributed by atoms with Crippen LogP contribution in [0.25, 0.3) is 0 Å². The average Bonchev–Trinajstić information content (AvgIpc) is 3.40. The molecular weight excluding hydrogens is 418 g/mol. The van der Waals surface area contributed by atoms with E-state index < -0.39 is 32.6 Å². The van der Waals surface area contributed by atoms with E-state index in [9.17, 15) is 23.4 Å². The normalized spacial score (nSPS) is 21.2. The van der Waals surface area contributed by atoms with E-state index in [4.69, 9.17) is 11.6 Å². The number of carbonyl (C=O) groups excluding carboxylic acids is 1. The fourth-order valence-electron chi connectivity index (χ4n) is 3.37. The molecule has 0 spiro atoms. The molecule has 0 radical (unpaired) electrons. The van der Waals surface area contributed by atoms with Crippen molar-refractivity contribution >= 4 is 33.1 Å². The maximum absolute atomic E-state index is 12.5. The van der Waals surface area contributed by atoms with Crippen molar-refractivity contribution in [1.82, 2.24) is 9.62 Å². The van der Waals surface area contributed by atoms with Gasteiger partial charge in [0.2, 0.25) is 15.8 Å². The third-order valence-corrected chi connectivity index (χ3v) is 8.00. The molecule has 1 saturated carbocycles. The number of Topliss-reactive ketones (excluding diaryl/α,β-unsaturated/α-hetero) is 1. The topological polar surface area (TPSA) is 119 Å². The van der Waals surface area contributed by atoms with Crippen LogP contribution in [-0.4, -0.2) is 54.5 Å². The van der Waals surface area contributed by atoms with Crippen molar-refractivity contribution in [2.75, 3.05) is 19.4 Å². The second kappa shape index (κ2) is 6.87. The highest BCUT2D eigenvalue weighted by Gasteiger charge is 2.55. The Balaban J connectivity index is 1.99. The largest absolute Gasteiger partial charge is 0.504 e. The van der Waals surface area contributed by atoms with Crippen LogP contribution in [0, 0.1) is 5.41 Å². The number of hydrogen-bond donors (Lipinski definition) is 4. The van der Waals surface area contributed by atoms with E-state index >= 15 is 0 Å². The molecule has 0 aliphatic heterocycles. The fraction of sp³-hybridized carbons (Fsp3) is 0.526. The summed E-state index contributed by atoms with van der Waals surface area (Å²) in [6, 6.07) is 2.72. The van der Waals surface area contributed by atoms with Gasteiger partial charge in [0.05, 0.1) is 16.4 Å². The molecule has 0 bridgehead atoms. The summed E-state index contributed by atoms with van der Waals surface area (Å²) in [5, 5.41) is 26.7. The van der Waals surface area contributed by atoms with Gasteiger partial charge in [-0.05, 0) is 30.4 Å². The van der Waals surface area contributed by atoms with Crippen LogP contribution in [0.3, 0.4) is 0 Å². The Labute approximate surface area is 175 Å². The zero-order valence-corrected chi connectivity index (χ0v) is 18.6. The van der Waals surface area contributed by atoms with Crippen molar-refractivity contribution in [2.24, 2.45) is 5.41 Å². The van der Waals surface area contributed by atoms with Crippen LogP contribution in [0.1, 0.15) is 33.6 Å². The Morgan fingerprint density at radius 3 is 2.31 bits per heavy atom. The first-order valence-electron chi connectivity index (χ1n) is 9.18. The smallest absolute Gasteiger partial charge is 0.247 e. The number of phenolic OH excluding ortho intramolecular Hbond substituents is 1. The highest BCUT2D eigenvalue weighted by atomic mass is 35.5. The summed E-state index contributed by atoms with van der Waals surface area (Å²) in [5.74, 6) is -1.03. The number of rotatable bonds is 6. The van der Waals surface area contributed by atoms with Gasteiger partial charge in [-0.3, -0.25) is 4.79 Å². The first-order chi connectivity index (χ1) is 13.2. The van der Waals surface area contributed by atoms with Crippen LogP contribution < -0.4 is 10.6 Å². The standard InChI is InChI=1S/C19H26ClN3O5S/c1-18(2,3)19(8-9-19)22-13-12(15(25)16(13)26)21-11-7-6-10(20)17(14(11)24)29(27,28)23(4)5/h6-7,15,21-22,24-25H,8-9H2,1-5H3. The Bertz CT molecular complexity index is 1010. The Hall–Kier alpha value is -1.81. The lowest BCUT2D eigenvalue weighted by molar-refractivity contribution is -0.125. The quantitative estimate of drug-likeness (QED) is 0.496. The highest BCUT2D eigenvalue weighted by molar-refractivity contribution is 7.89. The van der Waals surface area contributed by atoms with Gasteiger partial charge in [0.1, 0.15) is 10.6 Å². The molecule has 1 fully saturated rings. The first-order valence-corrected chi connectivity index (χ1v) is 11.0. The summed E-state index contributed by atoms with van der Waals surface area (Å²) in [7, 11) is -1.36. The molecule has 1 aromatic carbocycles. The molecule has 1 aromatic rings. The highest BCUT2D eigenvalue weighted by Crippen LogP contribution is 2.51. The van der Waals surface area contributed by atoms with Crippen LogP contribution in [0.5, 0.6) is 5.75 Å². The molecule has 0 saturated heterocycles. The number of aromatic hydroxyl groups is 1. The van der Waals surface area contributed by atoms with E-state index in [1.165, 1.54) is 26.2 Å². The summed E-state index contributed by atoms with van der Waals surface area (Å²) in [5.41, 5.74) is 0.123. The minimum absolute atomic E-state index is 0.0243. The number of ketones is 1. The summed E-state index contributed by atoms with van der Waals surface area (Å²) in [4.78, 5) is 11.8. The maximum atomic E-state index is 12.5. The minimum Gasteiger partial charge on any atom is -0.504 e. The van der Waals surface area contributed by atoms with E-state index in [0.717, 1.165) is 17.1 Å². The van der Waals surface area contributed by atoms with Crippen LogP contribution in [-0.2, 0) is 14.8 Å². The van der Waals surface area contributed by atoms with Gasteiger partial charge in [-0.15, -0.1) is 0 Å².